The van der Waals surface area contributed by atoms with E-state index in [1.54, 1.807) is 11.3 Å². The lowest BCUT2D eigenvalue weighted by atomic mass is 10.2. The molecule has 3 heterocycles. The summed E-state index contributed by atoms with van der Waals surface area (Å²) in [6.45, 7) is 0.657. The molecule has 3 rings (SSSR count). The largest absolute Gasteiger partial charge is 0.480 e. The molecule has 6 nitrogen and oxygen atoms in total. The van der Waals surface area contributed by atoms with Gasteiger partial charge in [-0.15, -0.1) is 11.3 Å². The highest BCUT2D eigenvalue weighted by atomic mass is 32.1. The number of thiazole rings is 1. The molecular weight excluding hydrogens is 312 g/mol. The summed E-state index contributed by atoms with van der Waals surface area (Å²) in [5.41, 5.74) is 0.973. The first-order valence-corrected chi connectivity index (χ1v) is 8.02. The molecule has 0 bridgehead atoms. The number of aromatic nitrogens is 1. The fourth-order valence-corrected chi connectivity index (χ4v) is 3.67. The quantitative estimate of drug-likeness (QED) is 0.931. The smallest absolute Gasteiger partial charge is 0.328 e. The average Bonchev–Trinajstić information content (AvgIpc) is 3.17. The van der Waals surface area contributed by atoms with Crippen molar-refractivity contribution in [2.24, 2.45) is 0 Å². The van der Waals surface area contributed by atoms with Gasteiger partial charge in [0.05, 0.1) is 19.4 Å². The van der Waals surface area contributed by atoms with Gasteiger partial charge in [-0.25, -0.2) is 9.78 Å². The third kappa shape index (κ3) is 2.82. The maximum absolute atomic E-state index is 12.5. The maximum atomic E-state index is 12.5. The number of carbonyl (C=O) groups excluding carboxylic acids is 1. The molecule has 1 atom stereocenters. The minimum absolute atomic E-state index is 0.0251. The minimum Gasteiger partial charge on any atom is -0.480 e. The molecule has 110 valence electrons. The number of rotatable bonds is 3. The molecule has 2 aromatic rings. The lowest BCUT2D eigenvalue weighted by Crippen LogP contribution is -2.52. The summed E-state index contributed by atoms with van der Waals surface area (Å²) in [6, 6.07) is 1.00. The molecular formula is C13H12N2O4S2. The highest BCUT2D eigenvalue weighted by Crippen LogP contribution is 2.28. The Labute approximate surface area is 128 Å². The third-order valence-corrected chi connectivity index (χ3v) is 4.88. The predicted octanol–water partition coefficient (Wildman–Crippen LogP) is 1.80. The normalized spacial score (nSPS) is 18.7. The molecule has 0 aromatic carbocycles. The van der Waals surface area contributed by atoms with Crippen LogP contribution in [0.15, 0.2) is 23.0 Å². The Morgan fingerprint density at radius 3 is 3.05 bits per heavy atom. The van der Waals surface area contributed by atoms with Crippen LogP contribution in [0.5, 0.6) is 0 Å². The van der Waals surface area contributed by atoms with E-state index in [-0.39, 0.29) is 19.1 Å². The van der Waals surface area contributed by atoms with Gasteiger partial charge in [0.25, 0.3) is 5.91 Å². The van der Waals surface area contributed by atoms with E-state index in [1.807, 2.05) is 16.8 Å². The fraction of sp³-hybridized carbons (Fsp3) is 0.308. The Kier molecular flexibility index (Phi) is 4.00. The molecule has 1 unspecified atom stereocenters. The zero-order valence-electron chi connectivity index (χ0n) is 10.9. The molecule has 1 saturated heterocycles. The van der Waals surface area contributed by atoms with Crippen LogP contribution in [0.1, 0.15) is 9.67 Å². The molecule has 1 fully saturated rings. The van der Waals surface area contributed by atoms with Gasteiger partial charge in [-0.3, -0.25) is 4.79 Å². The second-order valence-corrected chi connectivity index (χ2v) is 6.28. The summed E-state index contributed by atoms with van der Waals surface area (Å²) >= 11 is 2.84. The molecule has 21 heavy (non-hydrogen) atoms. The summed E-state index contributed by atoms with van der Waals surface area (Å²) in [4.78, 5) is 29.7. The van der Waals surface area contributed by atoms with Crippen LogP contribution in [-0.2, 0) is 9.53 Å². The van der Waals surface area contributed by atoms with E-state index < -0.39 is 12.0 Å². The highest BCUT2D eigenvalue weighted by molar-refractivity contribution is 7.17. The van der Waals surface area contributed by atoms with Crippen molar-refractivity contribution >= 4 is 34.6 Å². The number of ether oxygens (including phenoxy) is 1. The average molecular weight is 324 g/mol. The number of carbonyl (C=O) groups is 2. The number of carboxylic acids is 1. The lowest BCUT2D eigenvalue weighted by Gasteiger charge is -2.32. The van der Waals surface area contributed by atoms with Crippen LogP contribution >= 0.6 is 22.7 Å². The Morgan fingerprint density at radius 2 is 2.33 bits per heavy atom. The van der Waals surface area contributed by atoms with Gasteiger partial charge < -0.3 is 14.7 Å². The molecule has 1 amide bonds. The second-order valence-electron chi connectivity index (χ2n) is 4.47. The number of amides is 1. The Morgan fingerprint density at radius 1 is 1.48 bits per heavy atom. The number of hydrogen-bond acceptors (Lipinski definition) is 6. The van der Waals surface area contributed by atoms with Gasteiger partial charge in [0.15, 0.2) is 6.04 Å². The van der Waals surface area contributed by atoms with Crippen molar-refractivity contribution < 1.29 is 19.4 Å². The molecule has 2 aromatic heterocycles. The van der Waals surface area contributed by atoms with Crippen molar-refractivity contribution in [2.75, 3.05) is 19.8 Å². The van der Waals surface area contributed by atoms with Crippen LogP contribution < -0.4 is 0 Å². The Hall–Kier alpha value is -1.77. The van der Waals surface area contributed by atoms with Crippen molar-refractivity contribution in [3.8, 4) is 10.6 Å². The fourth-order valence-electron chi connectivity index (χ4n) is 2.09. The molecule has 0 aliphatic carbocycles. The van der Waals surface area contributed by atoms with E-state index in [2.05, 4.69) is 4.98 Å². The highest BCUT2D eigenvalue weighted by Gasteiger charge is 2.34. The number of thiophene rings is 1. The molecule has 1 N–H and O–H groups in total. The topological polar surface area (TPSA) is 79.7 Å². The first-order valence-electron chi connectivity index (χ1n) is 6.26. The number of hydrogen-bond donors (Lipinski definition) is 1. The van der Waals surface area contributed by atoms with Gasteiger partial charge in [0.2, 0.25) is 0 Å². The summed E-state index contributed by atoms with van der Waals surface area (Å²) < 4.78 is 5.14. The minimum atomic E-state index is -1.05. The van der Waals surface area contributed by atoms with E-state index in [4.69, 9.17) is 4.74 Å². The summed E-state index contributed by atoms with van der Waals surface area (Å²) in [6.07, 6.45) is 1.51. The van der Waals surface area contributed by atoms with E-state index in [9.17, 15) is 14.7 Å². The van der Waals surface area contributed by atoms with Crippen LogP contribution in [0.3, 0.4) is 0 Å². The van der Waals surface area contributed by atoms with Gasteiger partial charge in [0.1, 0.15) is 9.88 Å². The Bertz CT molecular complexity index is 653. The van der Waals surface area contributed by atoms with Gasteiger partial charge in [-0.2, -0.15) is 11.3 Å². The van der Waals surface area contributed by atoms with E-state index >= 15 is 0 Å². The second kappa shape index (κ2) is 5.92. The van der Waals surface area contributed by atoms with Crippen LogP contribution in [-0.4, -0.2) is 52.7 Å². The molecule has 8 heteroatoms. The van der Waals surface area contributed by atoms with Gasteiger partial charge >= 0.3 is 5.97 Å². The zero-order valence-corrected chi connectivity index (χ0v) is 12.5. The van der Waals surface area contributed by atoms with E-state index in [0.717, 1.165) is 10.6 Å². The van der Waals surface area contributed by atoms with Crippen molar-refractivity contribution in [1.29, 1.82) is 0 Å². The van der Waals surface area contributed by atoms with Crippen molar-refractivity contribution in [3.63, 3.8) is 0 Å². The first-order chi connectivity index (χ1) is 10.2. The summed E-state index contributed by atoms with van der Waals surface area (Å²) in [5, 5.41) is 13.8. The molecule has 0 spiro atoms. The standard InChI is InChI=1S/C13H12N2O4S2/c16-12(15-2-3-19-6-9(15)13(17)18)10-5-14-11(21-10)8-1-4-20-7-8/h1,4-5,7,9H,2-3,6H2,(H,17,18). The first kappa shape index (κ1) is 14.2. The zero-order chi connectivity index (χ0) is 14.8. The number of carboxylic acid groups (broad SMARTS) is 1. The van der Waals surface area contributed by atoms with Crippen LogP contribution in [0.4, 0.5) is 0 Å². The molecule has 0 radical (unpaired) electrons. The van der Waals surface area contributed by atoms with Crippen LogP contribution in [0.2, 0.25) is 0 Å². The van der Waals surface area contributed by atoms with Gasteiger partial charge in [-0.1, -0.05) is 0 Å². The van der Waals surface area contributed by atoms with Crippen LogP contribution in [0.25, 0.3) is 10.6 Å². The van der Waals surface area contributed by atoms with E-state index in [1.165, 1.54) is 22.4 Å². The number of nitrogens with zero attached hydrogens (tertiary/aromatic N) is 2. The maximum Gasteiger partial charge on any atom is 0.328 e. The van der Waals surface area contributed by atoms with Gasteiger partial charge in [-0.05, 0) is 11.4 Å². The predicted molar refractivity (Wildman–Crippen MR) is 78.7 cm³/mol. The Balaban J connectivity index is 1.83. The third-order valence-electron chi connectivity index (χ3n) is 3.16. The monoisotopic (exact) mass is 324 g/mol. The summed E-state index contributed by atoms with van der Waals surface area (Å²) in [7, 11) is 0. The molecule has 1 aliphatic heterocycles. The molecule has 1 aliphatic rings. The summed E-state index contributed by atoms with van der Waals surface area (Å²) in [5.74, 6) is -1.35. The molecule has 0 saturated carbocycles. The SMILES string of the molecule is O=C(O)C1COCCN1C(=O)c1cnc(-c2ccsc2)s1. The van der Waals surface area contributed by atoms with Crippen molar-refractivity contribution in [2.45, 2.75) is 6.04 Å². The number of morpholine rings is 1. The number of aliphatic carboxylic acids is 1. The van der Waals surface area contributed by atoms with E-state index in [0.29, 0.717) is 11.5 Å². The van der Waals surface area contributed by atoms with Crippen molar-refractivity contribution in [3.05, 3.63) is 27.9 Å². The van der Waals surface area contributed by atoms with Gasteiger partial charge in [0, 0.05) is 17.5 Å². The van der Waals surface area contributed by atoms with Crippen LogP contribution in [0, 0.1) is 0 Å². The lowest BCUT2D eigenvalue weighted by molar-refractivity contribution is -0.147. The van der Waals surface area contributed by atoms with Crippen molar-refractivity contribution in [1.82, 2.24) is 9.88 Å².